The molecule has 2 aromatic rings. The van der Waals surface area contributed by atoms with Crippen LogP contribution in [0.5, 0.6) is 0 Å². The van der Waals surface area contributed by atoms with Gasteiger partial charge >= 0.3 is 0 Å². The van der Waals surface area contributed by atoms with Gasteiger partial charge in [-0.2, -0.15) is 0 Å². The molecule has 0 spiro atoms. The summed E-state index contributed by atoms with van der Waals surface area (Å²) in [5.74, 6) is -0.165. The molecule has 0 fully saturated rings. The zero-order valence-electron chi connectivity index (χ0n) is 17.0. The van der Waals surface area contributed by atoms with Crippen LogP contribution in [0, 0.1) is 20.8 Å². The predicted octanol–water partition coefficient (Wildman–Crippen LogP) is 3.71. The second-order valence-electron chi connectivity index (χ2n) is 7.18. The highest BCUT2D eigenvalue weighted by Gasteiger charge is 2.26. The predicted molar refractivity (Wildman–Crippen MR) is 109 cm³/mol. The summed E-state index contributed by atoms with van der Waals surface area (Å²) < 4.78 is 0. The van der Waals surface area contributed by atoms with Crippen LogP contribution in [0.1, 0.15) is 41.7 Å². The van der Waals surface area contributed by atoms with E-state index in [1.807, 2.05) is 70.2 Å². The van der Waals surface area contributed by atoms with Crippen LogP contribution in [0.3, 0.4) is 0 Å². The molecule has 0 radical (unpaired) electrons. The Labute approximate surface area is 162 Å². The van der Waals surface area contributed by atoms with Crippen molar-refractivity contribution in [2.45, 2.75) is 53.6 Å². The summed E-state index contributed by atoms with van der Waals surface area (Å²) in [6.45, 7) is 10.7. The summed E-state index contributed by atoms with van der Waals surface area (Å²) in [5, 5.41) is 2.83. The Morgan fingerprint density at radius 3 is 2.26 bits per heavy atom. The standard InChI is InChI=1S/C23H30N2O2/c1-6-24-23(27)19(5)25(15-20-11-8-16(2)9-12-20)22(26)14-21-13-17(3)7-10-18(21)4/h7-13,19H,6,14-15H2,1-5H3,(H,24,27). The van der Waals surface area contributed by atoms with Gasteiger partial charge in [0.25, 0.3) is 0 Å². The molecule has 2 aromatic carbocycles. The smallest absolute Gasteiger partial charge is 0.242 e. The lowest BCUT2D eigenvalue weighted by Crippen LogP contribution is -2.48. The number of hydrogen-bond acceptors (Lipinski definition) is 2. The van der Waals surface area contributed by atoms with E-state index < -0.39 is 6.04 Å². The lowest BCUT2D eigenvalue weighted by atomic mass is 10.0. The van der Waals surface area contributed by atoms with Gasteiger partial charge in [-0.15, -0.1) is 0 Å². The molecule has 0 aromatic heterocycles. The lowest BCUT2D eigenvalue weighted by Gasteiger charge is -2.29. The fraction of sp³-hybridized carbons (Fsp3) is 0.391. The third-order valence-electron chi connectivity index (χ3n) is 4.84. The first-order valence-electron chi connectivity index (χ1n) is 9.50. The second kappa shape index (κ2) is 9.36. The summed E-state index contributed by atoms with van der Waals surface area (Å²) in [7, 11) is 0. The Morgan fingerprint density at radius 2 is 1.63 bits per heavy atom. The molecule has 4 heteroatoms. The van der Waals surface area contributed by atoms with E-state index in [9.17, 15) is 9.59 Å². The highest BCUT2D eigenvalue weighted by Crippen LogP contribution is 2.16. The van der Waals surface area contributed by atoms with Crippen molar-refractivity contribution in [2.24, 2.45) is 0 Å². The number of amides is 2. The molecule has 1 atom stereocenters. The maximum absolute atomic E-state index is 13.1. The van der Waals surface area contributed by atoms with Crippen molar-refractivity contribution in [3.8, 4) is 0 Å². The Bertz CT molecular complexity index is 797. The molecule has 0 saturated heterocycles. The average molecular weight is 367 g/mol. The molecule has 0 bridgehead atoms. The van der Waals surface area contributed by atoms with Crippen molar-refractivity contribution in [1.82, 2.24) is 10.2 Å². The van der Waals surface area contributed by atoms with Crippen LogP contribution in [0.15, 0.2) is 42.5 Å². The van der Waals surface area contributed by atoms with Crippen LogP contribution >= 0.6 is 0 Å². The summed E-state index contributed by atoms with van der Waals surface area (Å²) >= 11 is 0. The minimum absolute atomic E-state index is 0.0389. The summed E-state index contributed by atoms with van der Waals surface area (Å²) in [4.78, 5) is 27.2. The third-order valence-corrected chi connectivity index (χ3v) is 4.84. The zero-order chi connectivity index (χ0) is 20.0. The first-order valence-corrected chi connectivity index (χ1v) is 9.50. The molecule has 1 N–H and O–H groups in total. The van der Waals surface area contributed by atoms with Crippen LogP contribution in [0.2, 0.25) is 0 Å². The van der Waals surface area contributed by atoms with Crippen LogP contribution in [0.25, 0.3) is 0 Å². The Morgan fingerprint density at radius 1 is 1.00 bits per heavy atom. The van der Waals surface area contributed by atoms with E-state index in [1.54, 1.807) is 11.8 Å². The molecule has 2 amide bonds. The van der Waals surface area contributed by atoms with Gasteiger partial charge in [-0.3, -0.25) is 9.59 Å². The first-order chi connectivity index (χ1) is 12.8. The van der Waals surface area contributed by atoms with Crippen LogP contribution in [-0.2, 0) is 22.6 Å². The molecule has 0 aliphatic rings. The van der Waals surface area contributed by atoms with Crippen molar-refractivity contribution < 1.29 is 9.59 Å². The fourth-order valence-corrected chi connectivity index (χ4v) is 3.05. The number of likely N-dealkylation sites (N-methyl/N-ethyl adjacent to an activating group) is 1. The third kappa shape index (κ3) is 5.68. The molecule has 0 heterocycles. The quantitative estimate of drug-likeness (QED) is 0.812. The number of nitrogens with one attached hydrogen (secondary N) is 1. The first kappa shape index (κ1) is 20.7. The van der Waals surface area contributed by atoms with Gasteiger partial charge in [-0.25, -0.2) is 0 Å². The topological polar surface area (TPSA) is 49.4 Å². The molecule has 0 saturated carbocycles. The van der Waals surface area contributed by atoms with E-state index in [1.165, 1.54) is 5.56 Å². The van der Waals surface area contributed by atoms with Crippen molar-refractivity contribution in [3.63, 3.8) is 0 Å². The molecular formula is C23H30N2O2. The molecule has 0 aliphatic heterocycles. The lowest BCUT2D eigenvalue weighted by molar-refractivity contribution is -0.140. The van der Waals surface area contributed by atoms with Gasteiger partial charge in [0.1, 0.15) is 6.04 Å². The van der Waals surface area contributed by atoms with Crippen LogP contribution in [0.4, 0.5) is 0 Å². The summed E-state index contributed by atoms with van der Waals surface area (Å²) in [6.07, 6.45) is 0.295. The monoisotopic (exact) mass is 366 g/mol. The van der Waals surface area contributed by atoms with Gasteiger partial charge < -0.3 is 10.2 Å². The van der Waals surface area contributed by atoms with Crippen LogP contribution in [-0.4, -0.2) is 29.3 Å². The number of aryl methyl sites for hydroxylation is 3. The molecule has 4 nitrogen and oxygen atoms in total. The van der Waals surface area contributed by atoms with Crippen molar-refractivity contribution >= 4 is 11.8 Å². The Balaban J connectivity index is 2.26. The number of benzene rings is 2. The Hall–Kier alpha value is -2.62. The summed E-state index contributed by atoms with van der Waals surface area (Å²) in [6, 6.07) is 13.7. The van der Waals surface area contributed by atoms with E-state index in [2.05, 4.69) is 5.32 Å². The zero-order valence-corrected chi connectivity index (χ0v) is 17.0. The van der Waals surface area contributed by atoms with Gasteiger partial charge in [0.05, 0.1) is 6.42 Å². The molecule has 2 rings (SSSR count). The van der Waals surface area contributed by atoms with E-state index in [0.717, 1.165) is 22.3 Å². The molecule has 27 heavy (non-hydrogen) atoms. The van der Waals surface area contributed by atoms with E-state index in [0.29, 0.717) is 19.5 Å². The maximum Gasteiger partial charge on any atom is 0.242 e. The van der Waals surface area contributed by atoms with Crippen molar-refractivity contribution in [3.05, 3.63) is 70.3 Å². The maximum atomic E-state index is 13.1. The van der Waals surface area contributed by atoms with Crippen LogP contribution < -0.4 is 5.32 Å². The van der Waals surface area contributed by atoms with Gasteiger partial charge in [0.2, 0.25) is 11.8 Å². The van der Waals surface area contributed by atoms with E-state index >= 15 is 0 Å². The molecular weight excluding hydrogens is 336 g/mol. The Kier molecular flexibility index (Phi) is 7.17. The number of hydrogen-bond donors (Lipinski definition) is 1. The highest BCUT2D eigenvalue weighted by molar-refractivity contribution is 5.88. The van der Waals surface area contributed by atoms with Gasteiger partial charge in [-0.05, 0) is 51.3 Å². The summed E-state index contributed by atoms with van der Waals surface area (Å²) in [5.41, 5.74) is 5.42. The van der Waals surface area contributed by atoms with E-state index in [-0.39, 0.29) is 11.8 Å². The van der Waals surface area contributed by atoms with Gasteiger partial charge in [-0.1, -0.05) is 53.6 Å². The normalized spacial score (nSPS) is 11.7. The average Bonchev–Trinajstić information content (AvgIpc) is 2.63. The minimum atomic E-state index is -0.524. The molecule has 0 aliphatic carbocycles. The minimum Gasteiger partial charge on any atom is -0.355 e. The molecule has 144 valence electrons. The van der Waals surface area contributed by atoms with Gasteiger partial charge in [0.15, 0.2) is 0 Å². The van der Waals surface area contributed by atoms with E-state index in [4.69, 9.17) is 0 Å². The van der Waals surface area contributed by atoms with Crippen molar-refractivity contribution in [2.75, 3.05) is 6.54 Å². The molecule has 1 unspecified atom stereocenters. The number of nitrogens with zero attached hydrogens (tertiary/aromatic N) is 1. The second-order valence-corrected chi connectivity index (χ2v) is 7.18. The number of rotatable bonds is 7. The SMILES string of the molecule is CCNC(=O)C(C)N(Cc1ccc(C)cc1)C(=O)Cc1cc(C)ccc1C. The van der Waals surface area contributed by atoms with Gasteiger partial charge in [0, 0.05) is 13.1 Å². The largest absolute Gasteiger partial charge is 0.355 e. The number of carbonyl (C=O) groups excluding carboxylic acids is 2. The fourth-order valence-electron chi connectivity index (χ4n) is 3.05. The number of carbonyl (C=O) groups is 2. The highest BCUT2D eigenvalue weighted by atomic mass is 16.2. The van der Waals surface area contributed by atoms with Crippen molar-refractivity contribution in [1.29, 1.82) is 0 Å².